The van der Waals surface area contributed by atoms with Crippen LogP contribution in [-0.2, 0) is 19.1 Å². The van der Waals surface area contributed by atoms with Crippen molar-refractivity contribution in [3.05, 3.63) is 23.3 Å². The van der Waals surface area contributed by atoms with Crippen molar-refractivity contribution in [3.8, 4) is 6.07 Å². The molecule has 0 bridgehead atoms. The minimum atomic E-state index is -0.660. The van der Waals surface area contributed by atoms with Gasteiger partial charge < -0.3 is 4.74 Å². The molecule has 5 aliphatic carbocycles. The van der Waals surface area contributed by atoms with Gasteiger partial charge in [0.15, 0.2) is 11.6 Å². The number of hydrogen-bond acceptors (Lipinski definition) is 5. The van der Waals surface area contributed by atoms with Crippen LogP contribution in [0, 0.1) is 61.6 Å². The summed E-state index contributed by atoms with van der Waals surface area (Å²) in [5.74, 6) is -0.0334. The Hall–Kier alpha value is -2.22. The van der Waals surface area contributed by atoms with Crippen LogP contribution < -0.4 is 0 Å². The van der Waals surface area contributed by atoms with Crippen LogP contribution in [0.25, 0.3) is 0 Å². The number of nitriles is 1. The van der Waals surface area contributed by atoms with Gasteiger partial charge in [-0.2, -0.15) is 5.26 Å². The van der Waals surface area contributed by atoms with Gasteiger partial charge in [-0.3, -0.25) is 14.4 Å². The monoisotopic (exact) mass is 519 g/mol. The second-order valence-corrected chi connectivity index (χ2v) is 15.4. The van der Waals surface area contributed by atoms with Crippen molar-refractivity contribution in [2.75, 3.05) is 7.11 Å². The second-order valence-electron chi connectivity index (χ2n) is 15.4. The molecule has 5 heteroatoms. The number of esters is 1. The van der Waals surface area contributed by atoms with Gasteiger partial charge in [-0.15, -0.1) is 0 Å². The Labute approximate surface area is 228 Å². The topological polar surface area (TPSA) is 84.2 Å². The van der Waals surface area contributed by atoms with E-state index in [0.717, 1.165) is 50.5 Å². The number of carbonyl (C=O) groups is 3. The van der Waals surface area contributed by atoms with E-state index in [1.165, 1.54) is 7.11 Å². The maximum Gasteiger partial charge on any atom is 0.306 e. The molecule has 5 rings (SSSR count). The maximum absolute atomic E-state index is 14.4. The van der Waals surface area contributed by atoms with Crippen LogP contribution in [0.2, 0.25) is 0 Å². The minimum Gasteiger partial charge on any atom is -0.469 e. The Morgan fingerprint density at radius 3 is 2.32 bits per heavy atom. The lowest BCUT2D eigenvalue weighted by atomic mass is 9.34. The largest absolute Gasteiger partial charge is 0.469 e. The molecule has 0 aromatic carbocycles. The van der Waals surface area contributed by atoms with Crippen LogP contribution in [0.15, 0.2) is 23.3 Å². The summed E-state index contributed by atoms with van der Waals surface area (Å²) in [6.45, 7) is 15.4. The highest BCUT2D eigenvalue weighted by Crippen LogP contribution is 2.74. The molecule has 0 unspecified atom stereocenters. The average Bonchev–Trinajstić information content (AvgIpc) is 2.83. The number of fused-ring (bicyclic) bond motifs is 7. The first-order valence-corrected chi connectivity index (χ1v) is 14.5. The van der Waals surface area contributed by atoms with Gasteiger partial charge in [0.05, 0.1) is 19.1 Å². The molecule has 0 aromatic heterocycles. The molecule has 7 atom stereocenters. The van der Waals surface area contributed by atoms with Gasteiger partial charge in [-0.1, -0.05) is 60.1 Å². The summed E-state index contributed by atoms with van der Waals surface area (Å²) in [5.41, 5.74) is -0.399. The SMILES string of the molecule is COC(=O)C[C@]12CCC(C)(C)C[C@@H]1[C@H]1C(=O)C=C3[C@@]4(C)C=C(C#N)C(=O)C(C)(C)[C@@H]4CC[C@@]3(C)[C@]1(C)CC2. The molecule has 3 fully saturated rings. The number of methoxy groups -OCH3 is 1. The predicted octanol–water partition coefficient (Wildman–Crippen LogP) is 6.77. The number of allylic oxidation sites excluding steroid dienone is 4. The Morgan fingerprint density at radius 2 is 1.68 bits per heavy atom. The molecule has 0 saturated heterocycles. The molecule has 0 spiro atoms. The first kappa shape index (κ1) is 27.4. The number of Topliss-reactive ketones (excluding diaryl/α,β-unsaturated/α-hetero) is 1. The molecule has 0 N–H and O–H groups in total. The van der Waals surface area contributed by atoms with E-state index in [1.54, 1.807) is 0 Å². The lowest BCUT2D eigenvalue weighted by Crippen LogP contribution is -2.65. The lowest BCUT2D eigenvalue weighted by Gasteiger charge is -2.69. The fraction of sp³-hybridized carbons (Fsp3) is 0.758. The minimum absolute atomic E-state index is 0.0440. The van der Waals surface area contributed by atoms with Crippen molar-refractivity contribution in [1.82, 2.24) is 0 Å². The van der Waals surface area contributed by atoms with Crippen molar-refractivity contribution in [2.24, 2.45) is 50.2 Å². The summed E-state index contributed by atoms with van der Waals surface area (Å²) in [6, 6.07) is 2.18. The van der Waals surface area contributed by atoms with Crippen LogP contribution in [0.4, 0.5) is 0 Å². The van der Waals surface area contributed by atoms with Gasteiger partial charge >= 0.3 is 5.97 Å². The third-order valence-corrected chi connectivity index (χ3v) is 12.8. The van der Waals surface area contributed by atoms with Gasteiger partial charge in [0, 0.05) is 16.7 Å². The summed E-state index contributed by atoms with van der Waals surface area (Å²) >= 11 is 0. The van der Waals surface area contributed by atoms with Gasteiger partial charge in [0.1, 0.15) is 6.07 Å². The maximum atomic E-state index is 14.4. The molecule has 0 radical (unpaired) electrons. The highest BCUT2D eigenvalue weighted by molar-refractivity contribution is 6.04. The lowest BCUT2D eigenvalue weighted by molar-refractivity contribution is -0.178. The Bertz CT molecular complexity index is 1220. The summed E-state index contributed by atoms with van der Waals surface area (Å²) in [5, 5.41) is 9.88. The smallest absolute Gasteiger partial charge is 0.306 e. The van der Waals surface area contributed by atoms with E-state index < -0.39 is 10.8 Å². The molecule has 5 aliphatic rings. The highest BCUT2D eigenvalue weighted by atomic mass is 16.5. The normalized spacial score (nSPS) is 44.8. The highest BCUT2D eigenvalue weighted by Gasteiger charge is 2.69. The molecule has 0 amide bonds. The first-order valence-electron chi connectivity index (χ1n) is 14.5. The molecule has 38 heavy (non-hydrogen) atoms. The van der Waals surface area contributed by atoms with Gasteiger partial charge in [0.2, 0.25) is 0 Å². The van der Waals surface area contributed by atoms with Crippen molar-refractivity contribution >= 4 is 17.5 Å². The van der Waals surface area contributed by atoms with E-state index >= 15 is 0 Å². The standard InChI is InChI=1S/C33H45NO4/c1-28(2)11-13-33(18-25(36)38-8)14-12-32(7)26(21(33)17-28)22(35)15-24-30(5)16-20(19-34)27(37)29(3,4)23(30)9-10-31(24,32)6/h15-16,21,23,26H,9-14,17-18H2,1-8H3/t21-,23+,26+,30+,31-,32-,33-/m1/s1. The number of ether oxygens (including phenoxy) is 1. The van der Waals surface area contributed by atoms with E-state index in [-0.39, 0.29) is 62.5 Å². The Balaban J connectivity index is 1.68. The first-order chi connectivity index (χ1) is 17.5. The number of hydrogen-bond donors (Lipinski definition) is 0. The van der Waals surface area contributed by atoms with Crippen LogP contribution in [0.3, 0.4) is 0 Å². The van der Waals surface area contributed by atoms with Gasteiger partial charge in [-0.25, -0.2) is 0 Å². The molecule has 3 saturated carbocycles. The average molecular weight is 520 g/mol. The number of ketones is 2. The quantitative estimate of drug-likeness (QED) is 0.376. The number of nitrogens with zero attached hydrogens (tertiary/aromatic N) is 1. The van der Waals surface area contributed by atoms with E-state index in [0.29, 0.717) is 6.42 Å². The molecule has 5 nitrogen and oxygen atoms in total. The van der Waals surface area contributed by atoms with Crippen LogP contribution in [0.5, 0.6) is 0 Å². The molecular weight excluding hydrogens is 474 g/mol. The van der Waals surface area contributed by atoms with E-state index in [1.807, 2.05) is 26.0 Å². The fourth-order valence-electron chi connectivity index (χ4n) is 10.4. The third-order valence-electron chi connectivity index (χ3n) is 12.8. The molecule has 206 valence electrons. The Morgan fingerprint density at radius 1 is 1.03 bits per heavy atom. The Kier molecular flexibility index (Phi) is 5.87. The molecule has 0 aliphatic heterocycles. The molecular formula is C33H45NO4. The van der Waals surface area contributed by atoms with Crippen molar-refractivity contribution < 1.29 is 19.1 Å². The fourth-order valence-corrected chi connectivity index (χ4v) is 10.4. The van der Waals surface area contributed by atoms with Crippen LogP contribution in [0.1, 0.15) is 99.8 Å². The van der Waals surface area contributed by atoms with Crippen LogP contribution in [-0.4, -0.2) is 24.6 Å². The summed E-state index contributed by atoms with van der Waals surface area (Å²) < 4.78 is 5.17. The predicted molar refractivity (Wildman–Crippen MR) is 146 cm³/mol. The van der Waals surface area contributed by atoms with Crippen LogP contribution >= 0.6 is 0 Å². The summed E-state index contributed by atoms with van der Waals surface area (Å²) in [4.78, 5) is 40.3. The van der Waals surface area contributed by atoms with E-state index in [9.17, 15) is 19.6 Å². The molecule has 0 aromatic rings. The second kappa shape index (κ2) is 8.15. The van der Waals surface area contributed by atoms with Crippen molar-refractivity contribution in [1.29, 1.82) is 5.26 Å². The zero-order valence-corrected chi connectivity index (χ0v) is 24.6. The number of rotatable bonds is 2. The van der Waals surface area contributed by atoms with E-state index in [2.05, 4.69) is 40.7 Å². The van der Waals surface area contributed by atoms with Crippen molar-refractivity contribution in [3.63, 3.8) is 0 Å². The van der Waals surface area contributed by atoms with Gasteiger partial charge in [0.25, 0.3) is 0 Å². The van der Waals surface area contributed by atoms with Gasteiger partial charge in [-0.05, 0) is 84.5 Å². The number of carbonyl (C=O) groups excluding carboxylic acids is 3. The molecule has 0 heterocycles. The zero-order valence-electron chi connectivity index (χ0n) is 24.6. The zero-order chi connectivity index (χ0) is 28.1. The van der Waals surface area contributed by atoms with E-state index in [4.69, 9.17) is 4.74 Å². The van der Waals surface area contributed by atoms with Crippen molar-refractivity contribution in [2.45, 2.75) is 99.8 Å². The third kappa shape index (κ3) is 3.37. The summed E-state index contributed by atoms with van der Waals surface area (Å²) in [7, 11) is 1.47. The summed E-state index contributed by atoms with van der Waals surface area (Å²) in [6.07, 6.45) is 10.8.